The summed E-state index contributed by atoms with van der Waals surface area (Å²) >= 11 is 0. The summed E-state index contributed by atoms with van der Waals surface area (Å²) in [6.07, 6.45) is 1.70. The molecule has 9 nitrogen and oxygen atoms in total. The summed E-state index contributed by atoms with van der Waals surface area (Å²) in [6, 6.07) is 14.4. The Labute approximate surface area is 181 Å². The number of rotatable bonds is 6. The molecule has 4 rings (SSSR count). The number of benzene rings is 1. The first-order valence-corrected chi connectivity index (χ1v) is 11.3. The van der Waals surface area contributed by atoms with Crippen molar-refractivity contribution in [1.29, 1.82) is 0 Å². The van der Waals surface area contributed by atoms with Gasteiger partial charge in [0.05, 0.1) is 7.11 Å². The van der Waals surface area contributed by atoms with E-state index < -0.39 is 10.0 Å². The molecule has 1 aliphatic rings. The molecule has 1 fully saturated rings. The van der Waals surface area contributed by atoms with Crippen LogP contribution in [-0.4, -0.2) is 61.2 Å². The highest BCUT2D eigenvalue weighted by atomic mass is 32.2. The van der Waals surface area contributed by atoms with Gasteiger partial charge in [-0.3, -0.25) is 0 Å². The van der Waals surface area contributed by atoms with E-state index in [1.54, 1.807) is 18.3 Å². The maximum absolute atomic E-state index is 13.2. The van der Waals surface area contributed by atoms with Crippen LogP contribution in [0.3, 0.4) is 0 Å². The predicted molar refractivity (Wildman–Crippen MR) is 118 cm³/mol. The van der Waals surface area contributed by atoms with Crippen LogP contribution in [-0.2, 0) is 10.0 Å². The number of hydrogen-bond acceptors (Lipinski definition) is 8. The van der Waals surface area contributed by atoms with Crippen molar-refractivity contribution in [2.75, 3.05) is 43.5 Å². The van der Waals surface area contributed by atoms with E-state index in [1.165, 1.54) is 11.4 Å². The van der Waals surface area contributed by atoms with E-state index in [2.05, 4.69) is 20.5 Å². The number of hydrogen-bond donors (Lipinski definition) is 1. The van der Waals surface area contributed by atoms with Crippen LogP contribution in [0.25, 0.3) is 0 Å². The second-order valence-electron chi connectivity index (χ2n) is 7.16. The van der Waals surface area contributed by atoms with E-state index in [9.17, 15) is 8.42 Å². The molecule has 1 saturated heterocycles. The van der Waals surface area contributed by atoms with E-state index in [-0.39, 0.29) is 4.90 Å². The summed E-state index contributed by atoms with van der Waals surface area (Å²) in [5.41, 5.74) is 0.868. The molecule has 0 bridgehead atoms. The van der Waals surface area contributed by atoms with Gasteiger partial charge < -0.3 is 15.0 Å². The first-order chi connectivity index (χ1) is 15.0. The highest BCUT2D eigenvalue weighted by Crippen LogP contribution is 2.29. The molecule has 0 unspecified atom stereocenters. The zero-order valence-corrected chi connectivity index (χ0v) is 18.2. The third-order valence-electron chi connectivity index (χ3n) is 5.07. The minimum atomic E-state index is -3.65. The lowest BCUT2D eigenvalue weighted by molar-refractivity contribution is 0.373. The maximum atomic E-state index is 13.2. The SMILES string of the molecule is COc1ccc(C)cc1S(=O)(=O)N1CCN(c2ccc(Nc3ccccn3)nn2)CC1. The molecule has 10 heteroatoms. The van der Waals surface area contributed by atoms with Crippen molar-refractivity contribution in [3.05, 3.63) is 60.3 Å². The van der Waals surface area contributed by atoms with Crippen molar-refractivity contribution in [3.63, 3.8) is 0 Å². The molecular weight excluding hydrogens is 416 g/mol. The quantitative estimate of drug-likeness (QED) is 0.624. The average Bonchev–Trinajstić information content (AvgIpc) is 2.80. The molecular formula is C21H24N6O3S. The molecule has 1 aromatic carbocycles. The van der Waals surface area contributed by atoms with Crippen LogP contribution < -0.4 is 15.0 Å². The number of aryl methyl sites for hydroxylation is 1. The zero-order valence-electron chi connectivity index (χ0n) is 17.4. The monoisotopic (exact) mass is 440 g/mol. The number of sulfonamides is 1. The fraction of sp³-hybridized carbons (Fsp3) is 0.286. The fourth-order valence-corrected chi connectivity index (χ4v) is 5.07. The van der Waals surface area contributed by atoms with Crippen LogP contribution in [0.2, 0.25) is 0 Å². The Bertz CT molecular complexity index is 1130. The topological polar surface area (TPSA) is 101 Å². The first kappa shape index (κ1) is 21.0. The number of nitrogens with one attached hydrogen (secondary N) is 1. The summed E-state index contributed by atoms with van der Waals surface area (Å²) in [6.45, 7) is 3.62. The second kappa shape index (κ2) is 8.86. The highest BCUT2D eigenvalue weighted by molar-refractivity contribution is 7.89. The number of aromatic nitrogens is 3. The lowest BCUT2D eigenvalue weighted by atomic mass is 10.2. The summed E-state index contributed by atoms with van der Waals surface area (Å²) < 4.78 is 33.1. The Hall–Kier alpha value is -3.24. The van der Waals surface area contributed by atoms with Crippen molar-refractivity contribution >= 4 is 27.5 Å². The van der Waals surface area contributed by atoms with E-state index in [4.69, 9.17) is 4.74 Å². The third-order valence-corrected chi connectivity index (χ3v) is 6.99. The lowest BCUT2D eigenvalue weighted by Crippen LogP contribution is -2.49. The van der Waals surface area contributed by atoms with Crippen molar-refractivity contribution in [2.24, 2.45) is 0 Å². The normalized spacial score (nSPS) is 15.0. The fourth-order valence-electron chi connectivity index (χ4n) is 3.41. The summed E-state index contributed by atoms with van der Waals surface area (Å²) in [5.74, 6) is 2.34. The van der Waals surface area contributed by atoms with Crippen molar-refractivity contribution in [3.8, 4) is 5.75 Å². The van der Waals surface area contributed by atoms with Gasteiger partial charge in [0.15, 0.2) is 11.6 Å². The molecule has 31 heavy (non-hydrogen) atoms. The Balaban J connectivity index is 1.42. The Morgan fingerprint density at radius 3 is 2.42 bits per heavy atom. The molecule has 162 valence electrons. The molecule has 2 aromatic heterocycles. The molecule has 0 atom stereocenters. The molecule has 1 N–H and O–H groups in total. The summed E-state index contributed by atoms with van der Waals surface area (Å²) in [7, 11) is -2.17. The van der Waals surface area contributed by atoms with E-state index in [0.717, 1.165) is 5.56 Å². The molecule has 0 aliphatic carbocycles. The van der Waals surface area contributed by atoms with Crippen molar-refractivity contribution < 1.29 is 13.2 Å². The standard InChI is InChI=1S/C21H24N6O3S/c1-16-6-7-17(30-2)18(15-16)31(28,29)27-13-11-26(12-14-27)21-9-8-20(24-25-21)23-19-5-3-4-10-22-19/h3-10,15H,11-14H2,1-2H3,(H,22,23,24). The Morgan fingerprint density at radius 2 is 1.77 bits per heavy atom. The van der Waals surface area contributed by atoms with Gasteiger partial charge in [-0.2, -0.15) is 4.31 Å². The van der Waals surface area contributed by atoms with E-state index >= 15 is 0 Å². The van der Waals surface area contributed by atoms with Crippen LogP contribution in [0.5, 0.6) is 5.75 Å². The maximum Gasteiger partial charge on any atom is 0.246 e. The molecule has 3 heterocycles. The van der Waals surface area contributed by atoms with Gasteiger partial charge in [0, 0.05) is 32.4 Å². The summed E-state index contributed by atoms with van der Waals surface area (Å²) in [5, 5.41) is 11.6. The largest absolute Gasteiger partial charge is 0.495 e. The third kappa shape index (κ3) is 4.59. The van der Waals surface area contributed by atoms with Crippen molar-refractivity contribution in [1.82, 2.24) is 19.5 Å². The zero-order chi connectivity index (χ0) is 21.8. The van der Waals surface area contributed by atoms with Gasteiger partial charge in [0.1, 0.15) is 16.5 Å². The molecule has 0 saturated carbocycles. The van der Waals surface area contributed by atoms with Gasteiger partial charge in [0.25, 0.3) is 0 Å². The molecule has 1 aliphatic heterocycles. The second-order valence-corrected chi connectivity index (χ2v) is 9.07. The number of piperazine rings is 1. The van der Waals surface area contributed by atoms with Gasteiger partial charge in [-0.15, -0.1) is 10.2 Å². The summed E-state index contributed by atoms with van der Waals surface area (Å²) in [4.78, 5) is 6.43. The number of pyridine rings is 1. The molecule has 3 aromatic rings. The number of ether oxygens (including phenoxy) is 1. The number of nitrogens with zero attached hydrogens (tertiary/aromatic N) is 5. The van der Waals surface area contributed by atoms with E-state index in [0.29, 0.717) is 49.4 Å². The first-order valence-electron chi connectivity index (χ1n) is 9.89. The molecule has 0 amide bonds. The van der Waals surface area contributed by atoms with Gasteiger partial charge >= 0.3 is 0 Å². The minimum absolute atomic E-state index is 0.202. The number of anilines is 3. The van der Waals surface area contributed by atoms with Crippen molar-refractivity contribution in [2.45, 2.75) is 11.8 Å². The minimum Gasteiger partial charge on any atom is -0.495 e. The number of methoxy groups -OCH3 is 1. The molecule has 0 radical (unpaired) electrons. The smallest absolute Gasteiger partial charge is 0.246 e. The van der Waals surface area contributed by atoms with Gasteiger partial charge in [-0.05, 0) is 48.9 Å². The van der Waals surface area contributed by atoms with Gasteiger partial charge in [-0.25, -0.2) is 13.4 Å². The van der Waals surface area contributed by atoms with Crippen LogP contribution in [0.15, 0.2) is 59.6 Å². The lowest BCUT2D eigenvalue weighted by Gasteiger charge is -2.34. The Kier molecular flexibility index (Phi) is 6.01. The van der Waals surface area contributed by atoms with Crippen LogP contribution in [0.4, 0.5) is 17.5 Å². The average molecular weight is 441 g/mol. The predicted octanol–water partition coefficient (Wildman–Crippen LogP) is 2.44. The van der Waals surface area contributed by atoms with Gasteiger partial charge in [-0.1, -0.05) is 12.1 Å². The van der Waals surface area contributed by atoms with Crippen LogP contribution in [0.1, 0.15) is 5.56 Å². The Morgan fingerprint density at radius 1 is 0.968 bits per heavy atom. The van der Waals surface area contributed by atoms with Crippen LogP contribution in [0, 0.1) is 6.92 Å². The van der Waals surface area contributed by atoms with E-state index in [1.807, 2.05) is 48.2 Å². The van der Waals surface area contributed by atoms with Crippen LogP contribution >= 0.6 is 0 Å². The highest BCUT2D eigenvalue weighted by Gasteiger charge is 2.31. The molecule has 0 spiro atoms. The van der Waals surface area contributed by atoms with Gasteiger partial charge in [0.2, 0.25) is 10.0 Å².